The Morgan fingerprint density at radius 1 is 1.35 bits per heavy atom. The summed E-state index contributed by atoms with van der Waals surface area (Å²) < 4.78 is 0. The molecular weight excluding hydrogens is 262 g/mol. The van der Waals surface area contributed by atoms with E-state index in [1.165, 1.54) is 0 Å². The van der Waals surface area contributed by atoms with Crippen LogP contribution in [0.3, 0.4) is 0 Å². The quantitative estimate of drug-likeness (QED) is 0.592. The van der Waals surface area contributed by atoms with Crippen LogP contribution < -0.4 is 16.0 Å². The maximum absolute atomic E-state index is 11.2. The molecule has 110 valence electrons. The Morgan fingerprint density at radius 2 is 2.00 bits per heavy atom. The zero-order valence-electron chi connectivity index (χ0n) is 11.7. The van der Waals surface area contributed by atoms with Gasteiger partial charge in [-0.1, -0.05) is 6.92 Å². The highest BCUT2D eigenvalue weighted by Gasteiger charge is 2.29. The highest BCUT2D eigenvalue weighted by Crippen LogP contribution is 2.32. The number of aromatic nitrogens is 2. The molecule has 0 unspecified atom stereocenters. The van der Waals surface area contributed by atoms with Crippen molar-refractivity contribution in [2.45, 2.75) is 6.92 Å². The number of nitrogen functional groups attached to an aromatic ring is 1. The van der Waals surface area contributed by atoms with Crippen LogP contribution in [-0.4, -0.2) is 59.6 Å². The first-order valence-electron chi connectivity index (χ1n) is 6.53. The molecule has 20 heavy (non-hydrogen) atoms. The van der Waals surface area contributed by atoms with Gasteiger partial charge in [0.25, 0.3) is 0 Å². The van der Waals surface area contributed by atoms with Crippen LogP contribution in [0.1, 0.15) is 6.92 Å². The minimum Gasteiger partial charge on any atom is -0.378 e. The number of nitrogens with zero attached hydrogens (tertiary/aromatic N) is 5. The Morgan fingerprint density at radius 3 is 2.50 bits per heavy atom. The Labute approximate surface area is 116 Å². The lowest BCUT2D eigenvalue weighted by atomic mass is 10.3. The molecule has 2 heterocycles. The van der Waals surface area contributed by atoms with Gasteiger partial charge in [0.2, 0.25) is 17.6 Å². The van der Waals surface area contributed by atoms with E-state index in [-0.39, 0.29) is 11.5 Å². The SMILES string of the molecule is CCN1CCN(c2nc(NC)nc(N)c2[N+](=O)[O-])CC1. The number of nitrogens with one attached hydrogen (secondary N) is 1. The van der Waals surface area contributed by atoms with E-state index in [2.05, 4.69) is 27.1 Å². The number of likely N-dealkylation sites (N-methyl/N-ethyl adjacent to an activating group) is 1. The Bertz CT molecular complexity index is 500. The zero-order chi connectivity index (χ0) is 14.7. The number of nitrogens with two attached hydrogens (primary N) is 1. The first kappa shape index (κ1) is 14.3. The van der Waals surface area contributed by atoms with E-state index in [0.717, 1.165) is 19.6 Å². The molecular formula is C11H19N7O2. The van der Waals surface area contributed by atoms with Crippen LogP contribution in [0.25, 0.3) is 0 Å². The van der Waals surface area contributed by atoms with E-state index >= 15 is 0 Å². The average molecular weight is 281 g/mol. The van der Waals surface area contributed by atoms with Gasteiger partial charge in [-0.05, 0) is 6.54 Å². The second kappa shape index (κ2) is 5.87. The number of hydrogen-bond acceptors (Lipinski definition) is 8. The highest BCUT2D eigenvalue weighted by atomic mass is 16.6. The molecule has 1 saturated heterocycles. The van der Waals surface area contributed by atoms with Crippen LogP contribution in [-0.2, 0) is 0 Å². The third-order valence-electron chi connectivity index (χ3n) is 3.42. The molecule has 0 radical (unpaired) electrons. The van der Waals surface area contributed by atoms with Gasteiger partial charge in [-0.2, -0.15) is 9.97 Å². The van der Waals surface area contributed by atoms with Crippen LogP contribution in [0.15, 0.2) is 0 Å². The predicted octanol–water partition coefficient (Wildman–Crippen LogP) is 0.151. The van der Waals surface area contributed by atoms with E-state index in [1.54, 1.807) is 7.05 Å². The number of nitro groups is 1. The molecule has 0 saturated carbocycles. The fourth-order valence-electron chi connectivity index (χ4n) is 2.24. The smallest absolute Gasteiger partial charge is 0.353 e. The average Bonchev–Trinajstić information content (AvgIpc) is 2.46. The Hall–Kier alpha value is -2.16. The summed E-state index contributed by atoms with van der Waals surface area (Å²) in [6, 6.07) is 0. The van der Waals surface area contributed by atoms with Gasteiger partial charge < -0.3 is 20.9 Å². The van der Waals surface area contributed by atoms with Crippen LogP contribution >= 0.6 is 0 Å². The van der Waals surface area contributed by atoms with Crippen molar-refractivity contribution in [2.24, 2.45) is 0 Å². The molecule has 0 aromatic carbocycles. The van der Waals surface area contributed by atoms with E-state index in [4.69, 9.17) is 5.73 Å². The third-order valence-corrected chi connectivity index (χ3v) is 3.42. The van der Waals surface area contributed by atoms with Crippen molar-refractivity contribution in [3.8, 4) is 0 Å². The van der Waals surface area contributed by atoms with Gasteiger partial charge in [-0.3, -0.25) is 10.1 Å². The van der Waals surface area contributed by atoms with Gasteiger partial charge in [-0.25, -0.2) is 0 Å². The molecule has 3 N–H and O–H groups in total. The summed E-state index contributed by atoms with van der Waals surface area (Å²) >= 11 is 0. The maximum Gasteiger partial charge on any atom is 0.353 e. The van der Waals surface area contributed by atoms with Crippen LogP contribution in [0, 0.1) is 10.1 Å². The summed E-state index contributed by atoms with van der Waals surface area (Å²) in [5, 5.41) is 14.0. The molecule has 1 aromatic heterocycles. The molecule has 9 heteroatoms. The van der Waals surface area contributed by atoms with Crippen molar-refractivity contribution >= 4 is 23.3 Å². The van der Waals surface area contributed by atoms with Gasteiger partial charge in [0.05, 0.1) is 4.92 Å². The fourth-order valence-corrected chi connectivity index (χ4v) is 2.24. The number of rotatable bonds is 4. The minimum atomic E-state index is -0.518. The van der Waals surface area contributed by atoms with E-state index in [9.17, 15) is 10.1 Å². The maximum atomic E-state index is 11.2. The van der Waals surface area contributed by atoms with Crippen LogP contribution in [0.4, 0.5) is 23.3 Å². The largest absolute Gasteiger partial charge is 0.378 e. The van der Waals surface area contributed by atoms with E-state index in [1.807, 2.05) is 4.90 Å². The molecule has 1 aromatic rings. The van der Waals surface area contributed by atoms with Crippen molar-refractivity contribution in [2.75, 3.05) is 55.7 Å². The van der Waals surface area contributed by atoms with Gasteiger partial charge >= 0.3 is 5.69 Å². The molecule has 0 bridgehead atoms. The number of hydrogen-bond donors (Lipinski definition) is 2. The number of piperazine rings is 1. The van der Waals surface area contributed by atoms with Crippen molar-refractivity contribution in [1.29, 1.82) is 0 Å². The first-order valence-corrected chi connectivity index (χ1v) is 6.53. The second-order valence-corrected chi connectivity index (χ2v) is 4.53. The van der Waals surface area contributed by atoms with Crippen LogP contribution in [0.2, 0.25) is 0 Å². The predicted molar refractivity (Wildman–Crippen MR) is 77.0 cm³/mol. The van der Waals surface area contributed by atoms with Crippen molar-refractivity contribution in [1.82, 2.24) is 14.9 Å². The number of anilines is 3. The minimum absolute atomic E-state index is 0.109. The standard InChI is InChI=1S/C11H19N7O2/c1-3-16-4-6-17(7-5-16)10-8(18(19)20)9(12)14-11(13-2)15-10/h3-7H2,1-2H3,(H3,12,13,14,15). The molecule has 0 atom stereocenters. The van der Waals surface area contributed by atoms with Gasteiger partial charge in [0.1, 0.15) is 0 Å². The Balaban J connectivity index is 2.34. The summed E-state index contributed by atoms with van der Waals surface area (Å²) in [7, 11) is 1.65. The summed E-state index contributed by atoms with van der Waals surface area (Å²) in [4.78, 5) is 22.9. The van der Waals surface area contributed by atoms with Gasteiger partial charge in [0, 0.05) is 33.2 Å². The lowest BCUT2D eigenvalue weighted by Crippen LogP contribution is -2.46. The summed E-state index contributed by atoms with van der Waals surface area (Å²) in [5.74, 6) is 0.478. The van der Waals surface area contributed by atoms with Gasteiger partial charge in [-0.15, -0.1) is 0 Å². The first-order chi connectivity index (χ1) is 9.56. The van der Waals surface area contributed by atoms with Crippen LogP contribution in [0.5, 0.6) is 0 Å². The Kier molecular flexibility index (Phi) is 4.18. The lowest BCUT2D eigenvalue weighted by Gasteiger charge is -2.34. The second-order valence-electron chi connectivity index (χ2n) is 4.53. The molecule has 9 nitrogen and oxygen atoms in total. The molecule has 2 rings (SSSR count). The van der Waals surface area contributed by atoms with Gasteiger partial charge in [0.15, 0.2) is 0 Å². The van der Waals surface area contributed by atoms with E-state index < -0.39 is 4.92 Å². The molecule has 0 spiro atoms. The van der Waals surface area contributed by atoms with Crippen molar-refractivity contribution in [3.63, 3.8) is 0 Å². The van der Waals surface area contributed by atoms with Crippen molar-refractivity contribution < 1.29 is 4.92 Å². The molecule has 1 aliphatic rings. The molecule has 1 fully saturated rings. The zero-order valence-corrected chi connectivity index (χ0v) is 11.7. The monoisotopic (exact) mass is 281 g/mol. The summed E-state index contributed by atoms with van der Waals surface area (Å²) in [6.45, 7) is 6.16. The topological polar surface area (TPSA) is 113 Å². The molecule has 0 amide bonds. The van der Waals surface area contributed by atoms with Crippen molar-refractivity contribution in [3.05, 3.63) is 10.1 Å². The van der Waals surface area contributed by atoms with E-state index in [0.29, 0.717) is 24.9 Å². The fraction of sp³-hybridized carbons (Fsp3) is 0.636. The summed E-state index contributed by atoms with van der Waals surface area (Å²) in [6.07, 6.45) is 0. The molecule has 1 aliphatic heterocycles. The molecule has 0 aliphatic carbocycles. The normalized spacial score (nSPS) is 16.2. The highest BCUT2D eigenvalue weighted by molar-refractivity contribution is 5.71. The summed E-state index contributed by atoms with van der Waals surface area (Å²) in [5.41, 5.74) is 5.48. The lowest BCUT2D eigenvalue weighted by molar-refractivity contribution is -0.383. The third kappa shape index (κ3) is 2.72.